The zero-order valence-electron chi connectivity index (χ0n) is 18.7. The van der Waals surface area contributed by atoms with Gasteiger partial charge in [-0.15, -0.1) is 0 Å². The number of sulfonamides is 1. The Morgan fingerprint density at radius 2 is 1.75 bits per heavy atom. The van der Waals surface area contributed by atoms with Gasteiger partial charge in [-0.25, -0.2) is 13.4 Å². The molecular weight excluding hydrogens is 420 g/mol. The van der Waals surface area contributed by atoms with Crippen molar-refractivity contribution in [1.82, 2.24) is 9.29 Å². The summed E-state index contributed by atoms with van der Waals surface area (Å²) in [4.78, 5) is 10.0. The highest BCUT2D eigenvalue weighted by molar-refractivity contribution is 7.89. The molecule has 6 nitrogen and oxygen atoms in total. The molecule has 168 valence electrons. The van der Waals surface area contributed by atoms with Gasteiger partial charge in [-0.1, -0.05) is 12.1 Å². The van der Waals surface area contributed by atoms with Gasteiger partial charge in [0.25, 0.3) is 0 Å². The van der Waals surface area contributed by atoms with Crippen LogP contribution in [-0.4, -0.2) is 56.5 Å². The summed E-state index contributed by atoms with van der Waals surface area (Å²) >= 11 is 0. The molecule has 1 atom stereocenters. The molecule has 0 saturated carbocycles. The van der Waals surface area contributed by atoms with Crippen LogP contribution < -0.4 is 9.80 Å². The number of aryl methyl sites for hydroxylation is 1. The summed E-state index contributed by atoms with van der Waals surface area (Å²) in [5.41, 5.74) is 3.38. The number of hydrogen-bond donors (Lipinski definition) is 0. The first-order chi connectivity index (χ1) is 15.4. The Bertz CT molecular complexity index is 1240. The molecule has 0 N–H and O–H groups in total. The van der Waals surface area contributed by atoms with Crippen molar-refractivity contribution < 1.29 is 8.42 Å². The van der Waals surface area contributed by atoms with E-state index in [9.17, 15) is 8.42 Å². The summed E-state index contributed by atoms with van der Waals surface area (Å²) < 4.78 is 27.4. The molecule has 32 heavy (non-hydrogen) atoms. The predicted molar refractivity (Wildman–Crippen MR) is 130 cm³/mol. The zero-order chi connectivity index (χ0) is 22.3. The monoisotopic (exact) mass is 450 g/mol. The number of pyridine rings is 1. The fourth-order valence-electron chi connectivity index (χ4n) is 4.86. The lowest BCUT2D eigenvalue weighted by Gasteiger charge is -2.42. The lowest BCUT2D eigenvalue weighted by atomic mass is 10.1. The average Bonchev–Trinajstić information content (AvgIpc) is 3.34. The number of aromatic nitrogens is 1. The second-order valence-corrected chi connectivity index (χ2v) is 10.9. The Labute approximate surface area is 190 Å². The first kappa shape index (κ1) is 21.2. The van der Waals surface area contributed by atoms with E-state index in [4.69, 9.17) is 4.98 Å². The first-order valence-electron chi connectivity index (χ1n) is 11.4. The van der Waals surface area contributed by atoms with E-state index in [1.807, 2.05) is 18.2 Å². The van der Waals surface area contributed by atoms with Crippen molar-refractivity contribution >= 4 is 32.4 Å². The van der Waals surface area contributed by atoms with Crippen LogP contribution in [0.4, 0.5) is 11.5 Å². The number of fused-ring (bicyclic) bond motifs is 1. The molecule has 0 unspecified atom stereocenters. The first-order valence-corrected chi connectivity index (χ1v) is 12.8. The molecule has 2 aliphatic heterocycles. The van der Waals surface area contributed by atoms with E-state index in [1.54, 1.807) is 16.4 Å². The van der Waals surface area contributed by atoms with Gasteiger partial charge in [0.1, 0.15) is 5.82 Å². The highest BCUT2D eigenvalue weighted by Gasteiger charge is 2.28. The van der Waals surface area contributed by atoms with Crippen LogP contribution in [0.25, 0.3) is 10.9 Å². The molecule has 0 aliphatic carbocycles. The maximum atomic E-state index is 12.9. The number of rotatable bonds is 4. The van der Waals surface area contributed by atoms with E-state index < -0.39 is 10.0 Å². The van der Waals surface area contributed by atoms with Crippen molar-refractivity contribution in [3.8, 4) is 0 Å². The molecule has 2 fully saturated rings. The van der Waals surface area contributed by atoms with Crippen molar-refractivity contribution in [3.63, 3.8) is 0 Å². The molecule has 3 heterocycles. The van der Waals surface area contributed by atoms with Crippen LogP contribution in [0, 0.1) is 6.92 Å². The quantitative estimate of drug-likeness (QED) is 0.600. The molecule has 7 heteroatoms. The number of nitrogens with zero attached hydrogens (tertiary/aromatic N) is 4. The third kappa shape index (κ3) is 3.95. The normalized spacial score (nSPS) is 20.2. The van der Waals surface area contributed by atoms with Crippen molar-refractivity contribution in [2.75, 3.05) is 42.5 Å². The van der Waals surface area contributed by atoms with Gasteiger partial charge >= 0.3 is 0 Å². The molecule has 2 saturated heterocycles. The van der Waals surface area contributed by atoms with E-state index in [0.717, 1.165) is 49.2 Å². The minimum atomic E-state index is -3.41. The SMILES string of the molecule is Cc1cccc(N2CCN(c3ccc4cc(S(=O)(=O)N5CCCC5)ccc4n3)C[C@H]2C)c1. The summed E-state index contributed by atoms with van der Waals surface area (Å²) in [7, 11) is -3.41. The molecular formula is C25H30N4O2S. The highest BCUT2D eigenvalue weighted by Crippen LogP contribution is 2.27. The number of piperazine rings is 1. The van der Waals surface area contributed by atoms with Crippen molar-refractivity contribution in [2.45, 2.75) is 37.6 Å². The Morgan fingerprint density at radius 1 is 0.938 bits per heavy atom. The van der Waals surface area contributed by atoms with E-state index in [2.05, 4.69) is 47.9 Å². The largest absolute Gasteiger partial charge is 0.365 e. The van der Waals surface area contributed by atoms with Gasteiger partial charge in [-0.2, -0.15) is 4.31 Å². The molecule has 0 bridgehead atoms. The van der Waals surface area contributed by atoms with Crippen molar-refractivity contribution in [3.05, 3.63) is 60.2 Å². The number of anilines is 2. The molecule has 0 spiro atoms. The lowest BCUT2D eigenvalue weighted by Crippen LogP contribution is -2.52. The Hall–Kier alpha value is -2.64. The van der Waals surface area contributed by atoms with Gasteiger partial charge in [-0.3, -0.25) is 0 Å². The van der Waals surface area contributed by atoms with Gasteiger partial charge < -0.3 is 9.80 Å². The molecule has 0 radical (unpaired) electrons. The summed E-state index contributed by atoms with van der Waals surface area (Å²) in [5.74, 6) is 0.948. The van der Waals surface area contributed by atoms with Crippen molar-refractivity contribution in [1.29, 1.82) is 0 Å². The third-order valence-corrected chi connectivity index (χ3v) is 8.53. The van der Waals surface area contributed by atoms with Crippen molar-refractivity contribution in [2.24, 2.45) is 0 Å². The van der Waals surface area contributed by atoms with Gasteiger partial charge in [0.15, 0.2) is 0 Å². The fraction of sp³-hybridized carbons (Fsp3) is 0.400. The summed E-state index contributed by atoms with van der Waals surface area (Å²) in [6, 6.07) is 18.4. The van der Waals surface area contributed by atoms with Crippen LogP contribution in [-0.2, 0) is 10.0 Å². The Balaban J connectivity index is 1.35. The highest BCUT2D eigenvalue weighted by atomic mass is 32.2. The van der Waals surface area contributed by atoms with Gasteiger partial charge in [0.2, 0.25) is 10.0 Å². The molecule has 1 aromatic heterocycles. The predicted octanol–water partition coefficient (Wildman–Crippen LogP) is 4.04. The zero-order valence-corrected chi connectivity index (χ0v) is 19.6. The fourth-order valence-corrected chi connectivity index (χ4v) is 6.42. The standard InChI is InChI=1S/C25H30N4O2S/c1-19-6-5-7-22(16-19)29-15-14-27(18-20(29)2)25-11-8-21-17-23(9-10-24(21)26-25)32(30,31)28-12-3-4-13-28/h5-11,16-17,20H,3-4,12-15,18H2,1-2H3/t20-/m1/s1. The molecule has 5 rings (SSSR count). The average molecular weight is 451 g/mol. The minimum absolute atomic E-state index is 0.363. The van der Waals surface area contributed by atoms with Crippen LogP contribution in [0.1, 0.15) is 25.3 Å². The second-order valence-electron chi connectivity index (χ2n) is 8.96. The van der Waals surface area contributed by atoms with Crippen LogP contribution in [0.5, 0.6) is 0 Å². The third-order valence-electron chi connectivity index (χ3n) is 6.63. The lowest BCUT2D eigenvalue weighted by molar-refractivity contribution is 0.477. The topological polar surface area (TPSA) is 56.8 Å². The van der Waals surface area contributed by atoms with Gasteiger partial charge in [-0.05, 0) is 74.7 Å². The maximum absolute atomic E-state index is 12.9. The molecule has 2 aliphatic rings. The molecule has 0 amide bonds. The van der Waals surface area contributed by atoms with Crippen LogP contribution in [0.3, 0.4) is 0 Å². The number of benzene rings is 2. The second kappa shape index (κ2) is 8.37. The van der Waals surface area contributed by atoms with E-state index in [1.165, 1.54) is 11.3 Å². The number of hydrogen-bond acceptors (Lipinski definition) is 5. The van der Waals surface area contributed by atoms with Crippen LogP contribution >= 0.6 is 0 Å². The Morgan fingerprint density at radius 3 is 2.50 bits per heavy atom. The Kier molecular flexibility index (Phi) is 5.55. The molecule has 3 aromatic rings. The summed E-state index contributed by atoms with van der Waals surface area (Å²) in [5, 5.41) is 0.862. The smallest absolute Gasteiger partial charge is 0.243 e. The minimum Gasteiger partial charge on any atom is -0.365 e. The van der Waals surface area contributed by atoms with Crippen LogP contribution in [0.15, 0.2) is 59.5 Å². The molecule has 2 aromatic carbocycles. The van der Waals surface area contributed by atoms with Gasteiger partial charge in [0.05, 0.1) is 10.4 Å². The summed E-state index contributed by atoms with van der Waals surface area (Å²) in [6.07, 6.45) is 1.88. The van der Waals surface area contributed by atoms with E-state index in [0.29, 0.717) is 24.0 Å². The van der Waals surface area contributed by atoms with E-state index >= 15 is 0 Å². The summed E-state index contributed by atoms with van der Waals surface area (Å²) in [6.45, 7) is 8.36. The van der Waals surface area contributed by atoms with E-state index in [-0.39, 0.29) is 0 Å². The van der Waals surface area contributed by atoms with Crippen LogP contribution in [0.2, 0.25) is 0 Å². The van der Waals surface area contributed by atoms with Gasteiger partial charge in [0, 0.05) is 49.8 Å². The maximum Gasteiger partial charge on any atom is 0.243 e.